The van der Waals surface area contributed by atoms with Crippen LogP contribution in [0.2, 0.25) is 10.0 Å². The largest absolute Gasteiger partial charge is 0.352 e. The number of hydrogen-bond acceptors (Lipinski definition) is 3. The zero-order valence-corrected chi connectivity index (χ0v) is 15.2. The van der Waals surface area contributed by atoms with E-state index in [9.17, 15) is 9.59 Å². The van der Waals surface area contributed by atoms with Gasteiger partial charge >= 0.3 is 0 Å². The third-order valence-electron chi connectivity index (χ3n) is 2.73. The maximum absolute atomic E-state index is 12.0. The number of carbonyl (C=O) groups excluding carboxylic acids is 2. The Labute approximate surface area is 145 Å². The Balaban J connectivity index is 2.35. The minimum absolute atomic E-state index is 0.0695. The molecule has 1 rings (SSSR count). The van der Waals surface area contributed by atoms with E-state index >= 15 is 0 Å². The second-order valence-corrected chi connectivity index (χ2v) is 7.01. The molecule has 122 valence electrons. The van der Waals surface area contributed by atoms with Crippen molar-refractivity contribution < 1.29 is 9.59 Å². The van der Waals surface area contributed by atoms with E-state index in [0.29, 0.717) is 21.6 Å². The summed E-state index contributed by atoms with van der Waals surface area (Å²) in [6.07, 6.45) is 0. The third-order valence-corrected chi connectivity index (χ3v) is 4.46. The van der Waals surface area contributed by atoms with Crippen molar-refractivity contribution in [3.05, 3.63) is 33.8 Å². The van der Waals surface area contributed by atoms with Crippen LogP contribution in [-0.4, -0.2) is 42.1 Å². The van der Waals surface area contributed by atoms with Gasteiger partial charge in [-0.1, -0.05) is 29.3 Å². The number of carbonyl (C=O) groups is 2. The van der Waals surface area contributed by atoms with Gasteiger partial charge in [0.1, 0.15) is 0 Å². The smallest absolute Gasteiger partial charge is 0.239 e. The quantitative estimate of drug-likeness (QED) is 0.809. The first-order valence-corrected chi connectivity index (χ1v) is 8.75. The number of nitrogens with zero attached hydrogens (tertiary/aromatic N) is 1. The van der Waals surface area contributed by atoms with Gasteiger partial charge in [0.15, 0.2) is 0 Å². The molecule has 0 aliphatic rings. The maximum Gasteiger partial charge on any atom is 0.239 e. The fourth-order valence-corrected chi connectivity index (χ4v) is 2.90. The second-order valence-electron chi connectivity index (χ2n) is 5.21. The van der Waals surface area contributed by atoms with Gasteiger partial charge in [0.05, 0.1) is 22.3 Å². The summed E-state index contributed by atoms with van der Waals surface area (Å²) in [5.41, 5.74) is 1.01. The van der Waals surface area contributed by atoms with Crippen LogP contribution in [-0.2, 0) is 15.3 Å². The van der Waals surface area contributed by atoms with E-state index in [2.05, 4.69) is 5.32 Å². The van der Waals surface area contributed by atoms with E-state index in [1.54, 1.807) is 19.2 Å². The summed E-state index contributed by atoms with van der Waals surface area (Å²) in [5.74, 6) is 0.740. The summed E-state index contributed by atoms with van der Waals surface area (Å²) in [6, 6.07) is 5.48. The van der Waals surface area contributed by atoms with E-state index in [1.165, 1.54) is 16.7 Å². The highest BCUT2D eigenvalue weighted by atomic mass is 35.5. The number of halogens is 2. The molecule has 1 aromatic carbocycles. The molecule has 4 nitrogen and oxygen atoms in total. The van der Waals surface area contributed by atoms with Gasteiger partial charge in [-0.2, -0.15) is 0 Å². The molecular formula is C15H20Cl2N2O2S. The number of thioether (sulfide) groups is 1. The molecule has 22 heavy (non-hydrogen) atoms. The molecule has 0 saturated heterocycles. The topological polar surface area (TPSA) is 49.4 Å². The molecule has 0 radical (unpaired) electrons. The van der Waals surface area contributed by atoms with Crippen LogP contribution in [0.4, 0.5) is 0 Å². The number of benzene rings is 1. The molecule has 0 spiro atoms. The Bertz CT molecular complexity index is 538. The molecule has 1 N–H and O–H groups in total. The summed E-state index contributed by atoms with van der Waals surface area (Å²) < 4.78 is 0. The van der Waals surface area contributed by atoms with Gasteiger partial charge in [-0.3, -0.25) is 9.59 Å². The third kappa shape index (κ3) is 6.90. The molecule has 7 heteroatoms. The number of hydrogen-bond donors (Lipinski definition) is 1. The minimum atomic E-state index is -0.152. The van der Waals surface area contributed by atoms with Crippen molar-refractivity contribution in [3.8, 4) is 0 Å². The Kier molecular flexibility index (Phi) is 8.07. The van der Waals surface area contributed by atoms with Gasteiger partial charge in [0.2, 0.25) is 11.8 Å². The predicted molar refractivity (Wildman–Crippen MR) is 93.5 cm³/mol. The van der Waals surface area contributed by atoms with Gasteiger partial charge < -0.3 is 10.2 Å². The van der Waals surface area contributed by atoms with E-state index < -0.39 is 0 Å². The molecule has 0 heterocycles. The molecule has 0 atom stereocenters. The standard InChI is InChI=1S/C15H20Cl2N2O2S/c1-10(2)18-14(20)7-19(3)15(21)9-22-8-11-4-5-12(16)13(17)6-11/h4-6,10H,7-9H2,1-3H3,(H,18,20). The Hall–Kier alpha value is -0.910. The normalized spacial score (nSPS) is 10.6. The second kappa shape index (κ2) is 9.28. The summed E-state index contributed by atoms with van der Waals surface area (Å²) in [7, 11) is 1.63. The van der Waals surface area contributed by atoms with Gasteiger partial charge in [-0.05, 0) is 31.5 Å². The summed E-state index contributed by atoms with van der Waals surface area (Å²) in [5, 5.41) is 3.78. The lowest BCUT2D eigenvalue weighted by Crippen LogP contribution is -2.41. The van der Waals surface area contributed by atoms with Gasteiger partial charge in [-0.15, -0.1) is 11.8 Å². The van der Waals surface area contributed by atoms with Crippen molar-refractivity contribution in [2.24, 2.45) is 0 Å². The van der Waals surface area contributed by atoms with Crippen LogP contribution in [0.3, 0.4) is 0 Å². The van der Waals surface area contributed by atoms with Crippen molar-refractivity contribution in [3.63, 3.8) is 0 Å². The predicted octanol–water partition coefficient (Wildman–Crippen LogP) is 3.21. The Morgan fingerprint density at radius 3 is 2.55 bits per heavy atom. The number of rotatable bonds is 7. The lowest BCUT2D eigenvalue weighted by molar-refractivity contribution is -0.132. The van der Waals surface area contributed by atoms with Crippen molar-refractivity contribution in [2.45, 2.75) is 25.6 Å². The molecule has 0 aliphatic heterocycles. The van der Waals surface area contributed by atoms with Crippen LogP contribution in [0.5, 0.6) is 0 Å². The highest BCUT2D eigenvalue weighted by Crippen LogP contribution is 2.24. The van der Waals surface area contributed by atoms with Crippen LogP contribution in [0.25, 0.3) is 0 Å². The highest BCUT2D eigenvalue weighted by Gasteiger charge is 2.13. The minimum Gasteiger partial charge on any atom is -0.352 e. The first-order valence-electron chi connectivity index (χ1n) is 6.84. The van der Waals surface area contributed by atoms with Crippen LogP contribution < -0.4 is 5.32 Å². The van der Waals surface area contributed by atoms with Crippen LogP contribution in [0.1, 0.15) is 19.4 Å². The lowest BCUT2D eigenvalue weighted by Gasteiger charge is -2.17. The van der Waals surface area contributed by atoms with E-state index in [1.807, 2.05) is 19.9 Å². The lowest BCUT2D eigenvalue weighted by atomic mass is 10.2. The zero-order chi connectivity index (χ0) is 16.7. The molecule has 0 saturated carbocycles. The van der Waals surface area contributed by atoms with Crippen molar-refractivity contribution in [1.29, 1.82) is 0 Å². The maximum atomic E-state index is 12.0. The van der Waals surface area contributed by atoms with Gasteiger partial charge in [0.25, 0.3) is 0 Å². The molecule has 2 amide bonds. The van der Waals surface area contributed by atoms with Gasteiger partial charge in [0, 0.05) is 18.8 Å². The van der Waals surface area contributed by atoms with E-state index in [-0.39, 0.29) is 24.4 Å². The molecule has 0 bridgehead atoms. The summed E-state index contributed by atoms with van der Waals surface area (Å²) >= 11 is 13.3. The molecule has 0 unspecified atom stereocenters. The van der Waals surface area contributed by atoms with E-state index in [0.717, 1.165) is 5.56 Å². The number of likely N-dealkylation sites (N-methyl/N-ethyl adjacent to an activating group) is 1. The number of nitrogens with one attached hydrogen (secondary N) is 1. The van der Waals surface area contributed by atoms with Crippen molar-refractivity contribution in [1.82, 2.24) is 10.2 Å². The fourth-order valence-electron chi connectivity index (χ4n) is 1.67. The molecular weight excluding hydrogens is 343 g/mol. The average Bonchev–Trinajstić information content (AvgIpc) is 2.41. The monoisotopic (exact) mass is 362 g/mol. The van der Waals surface area contributed by atoms with Gasteiger partial charge in [-0.25, -0.2) is 0 Å². The Morgan fingerprint density at radius 1 is 1.27 bits per heavy atom. The zero-order valence-electron chi connectivity index (χ0n) is 12.9. The molecule has 0 aromatic heterocycles. The van der Waals surface area contributed by atoms with E-state index in [4.69, 9.17) is 23.2 Å². The molecule has 0 aliphatic carbocycles. The highest BCUT2D eigenvalue weighted by molar-refractivity contribution is 7.99. The Morgan fingerprint density at radius 2 is 1.95 bits per heavy atom. The van der Waals surface area contributed by atoms with Crippen LogP contribution >= 0.6 is 35.0 Å². The molecule has 1 aromatic rings. The summed E-state index contributed by atoms with van der Waals surface area (Å²) in [6.45, 7) is 3.84. The van der Waals surface area contributed by atoms with Crippen molar-refractivity contribution >= 4 is 46.8 Å². The SMILES string of the molecule is CC(C)NC(=O)CN(C)C(=O)CSCc1ccc(Cl)c(Cl)c1. The van der Waals surface area contributed by atoms with Crippen LogP contribution in [0, 0.1) is 0 Å². The van der Waals surface area contributed by atoms with Crippen molar-refractivity contribution in [2.75, 3.05) is 19.3 Å². The average molecular weight is 363 g/mol. The first kappa shape index (κ1) is 19.1. The number of amides is 2. The molecule has 0 fully saturated rings. The first-order chi connectivity index (χ1) is 10.3. The fraction of sp³-hybridized carbons (Fsp3) is 0.467. The van der Waals surface area contributed by atoms with Crippen LogP contribution in [0.15, 0.2) is 18.2 Å². The summed E-state index contributed by atoms with van der Waals surface area (Å²) in [4.78, 5) is 25.0.